The van der Waals surface area contributed by atoms with Crippen LogP contribution in [0.2, 0.25) is 0 Å². The molecular weight excluding hydrogens is 108 g/mol. The van der Waals surface area contributed by atoms with Crippen molar-refractivity contribution >= 4 is 5.90 Å². The average molecular weight is 118 g/mol. The van der Waals surface area contributed by atoms with Gasteiger partial charge in [0.15, 0.2) is 0 Å². The molecule has 48 valence electrons. The first-order valence-electron chi connectivity index (χ1n) is 2.39. The van der Waals surface area contributed by atoms with E-state index in [0.717, 1.165) is 0 Å². The molecule has 0 aliphatic carbocycles. The first kappa shape index (κ1) is 7.23. The molecule has 0 aromatic heterocycles. The van der Waals surface area contributed by atoms with Crippen LogP contribution in [0.1, 0.15) is 6.92 Å². The third-order valence-corrected chi connectivity index (χ3v) is 0.597. The van der Waals surface area contributed by atoms with E-state index in [9.17, 15) is 0 Å². The van der Waals surface area contributed by atoms with Crippen LogP contribution in [0.5, 0.6) is 0 Å². The number of rotatable bonds is 2. The van der Waals surface area contributed by atoms with Crippen LogP contribution in [0.4, 0.5) is 0 Å². The molecule has 0 amide bonds. The molecule has 0 aliphatic heterocycles. The van der Waals surface area contributed by atoms with E-state index in [-0.39, 0.29) is 12.4 Å². The highest BCUT2D eigenvalue weighted by Gasteiger charge is 1.91. The molecule has 0 saturated heterocycles. The molecule has 8 heavy (non-hydrogen) atoms. The van der Waals surface area contributed by atoms with Crippen LogP contribution in [0.3, 0.4) is 0 Å². The van der Waals surface area contributed by atoms with Crippen molar-refractivity contribution in [2.45, 2.75) is 6.92 Å². The van der Waals surface area contributed by atoms with Crippen molar-refractivity contribution in [2.75, 3.05) is 13.2 Å². The van der Waals surface area contributed by atoms with Gasteiger partial charge in [-0.15, -0.1) is 0 Å². The summed E-state index contributed by atoms with van der Waals surface area (Å²) in [5.74, 6) is 0.174. The zero-order valence-electron chi connectivity index (χ0n) is 4.79. The number of nitrogens with two attached hydrogens (primary N) is 1. The van der Waals surface area contributed by atoms with E-state index in [4.69, 9.17) is 15.7 Å². The molecule has 4 heteroatoms. The lowest BCUT2D eigenvalue weighted by Gasteiger charge is -1.98. The van der Waals surface area contributed by atoms with Crippen molar-refractivity contribution in [3.63, 3.8) is 0 Å². The molecule has 0 saturated carbocycles. The van der Waals surface area contributed by atoms with Gasteiger partial charge in [0.25, 0.3) is 0 Å². The molecule has 0 rings (SSSR count). The molecule has 4 nitrogen and oxygen atoms in total. The summed E-state index contributed by atoms with van der Waals surface area (Å²) in [4.78, 5) is 0. The van der Waals surface area contributed by atoms with Crippen molar-refractivity contribution in [3.8, 4) is 0 Å². The van der Waals surface area contributed by atoms with Crippen LogP contribution in [0, 0.1) is 0 Å². The van der Waals surface area contributed by atoms with Crippen LogP contribution in [0.15, 0.2) is 5.16 Å². The molecule has 0 aliphatic rings. The molecule has 0 aromatic carbocycles. The summed E-state index contributed by atoms with van der Waals surface area (Å²) in [7, 11) is 0. The maximum absolute atomic E-state index is 8.04. The lowest BCUT2D eigenvalue weighted by atomic mass is 10.6. The topological polar surface area (TPSA) is 67.8 Å². The van der Waals surface area contributed by atoms with Crippen molar-refractivity contribution in [3.05, 3.63) is 0 Å². The Hall–Kier alpha value is -0.770. The van der Waals surface area contributed by atoms with Crippen molar-refractivity contribution in [1.29, 1.82) is 0 Å². The Morgan fingerprint density at radius 3 is 2.62 bits per heavy atom. The van der Waals surface area contributed by atoms with Gasteiger partial charge in [-0.1, -0.05) is 5.16 Å². The number of oxime groups is 1. The van der Waals surface area contributed by atoms with Gasteiger partial charge in [-0.25, -0.2) is 0 Å². The van der Waals surface area contributed by atoms with E-state index in [2.05, 4.69) is 5.16 Å². The van der Waals surface area contributed by atoms with Gasteiger partial charge in [0.2, 0.25) is 5.90 Å². The quantitative estimate of drug-likeness (QED) is 0.228. The van der Waals surface area contributed by atoms with Crippen LogP contribution in [0.25, 0.3) is 0 Å². The Morgan fingerprint density at radius 1 is 1.88 bits per heavy atom. The molecule has 0 unspecified atom stereocenters. The number of ether oxygens (including phenoxy) is 1. The minimum absolute atomic E-state index is 0.143. The molecule has 0 heterocycles. The molecule has 3 N–H and O–H groups in total. The van der Waals surface area contributed by atoms with E-state index < -0.39 is 0 Å². The molecular formula is C4H10N2O2. The maximum atomic E-state index is 8.04. The summed E-state index contributed by atoms with van der Waals surface area (Å²) in [5.41, 5.74) is 5.05. The van der Waals surface area contributed by atoms with Gasteiger partial charge >= 0.3 is 0 Å². The number of hydrogen-bond acceptors (Lipinski definition) is 4. The second kappa shape index (κ2) is 4.39. The molecule has 0 fully saturated rings. The first-order chi connectivity index (χ1) is 3.85. The van der Waals surface area contributed by atoms with E-state index in [1.54, 1.807) is 6.92 Å². The van der Waals surface area contributed by atoms with E-state index in [1.807, 2.05) is 0 Å². The minimum atomic E-state index is 0.143. The normalized spacial score (nSPS) is 11.5. The Labute approximate surface area is 47.9 Å². The molecule has 0 bridgehead atoms. The summed E-state index contributed by atoms with van der Waals surface area (Å²) in [6, 6.07) is 0. The fraction of sp³-hybridized carbons (Fsp3) is 0.750. The summed E-state index contributed by atoms with van der Waals surface area (Å²) in [5, 5.41) is 10.8. The lowest BCUT2D eigenvalue weighted by molar-refractivity contribution is 0.260. The van der Waals surface area contributed by atoms with Crippen LogP contribution >= 0.6 is 0 Å². The Balaban J connectivity index is 3.38. The van der Waals surface area contributed by atoms with Gasteiger partial charge in [0.05, 0.1) is 13.2 Å². The van der Waals surface area contributed by atoms with E-state index in [1.165, 1.54) is 0 Å². The first-order valence-corrected chi connectivity index (χ1v) is 2.39. The fourth-order valence-electron chi connectivity index (χ4n) is 0.295. The zero-order chi connectivity index (χ0) is 6.41. The summed E-state index contributed by atoms with van der Waals surface area (Å²) < 4.78 is 4.72. The third kappa shape index (κ3) is 2.41. The summed E-state index contributed by atoms with van der Waals surface area (Å²) >= 11 is 0. The number of nitrogens with zero attached hydrogens (tertiary/aromatic N) is 1. The van der Waals surface area contributed by atoms with E-state index >= 15 is 0 Å². The summed E-state index contributed by atoms with van der Waals surface area (Å²) in [6.45, 7) is 2.42. The molecule has 0 aromatic rings. The van der Waals surface area contributed by atoms with E-state index in [0.29, 0.717) is 6.61 Å². The van der Waals surface area contributed by atoms with Crippen molar-refractivity contribution < 1.29 is 9.94 Å². The highest BCUT2D eigenvalue weighted by Crippen LogP contribution is 1.75. The van der Waals surface area contributed by atoms with Gasteiger partial charge in [-0.2, -0.15) is 0 Å². The van der Waals surface area contributed by atoms with Gasteiger partial charge in [-0.05, 0) is 6.92 Å². The van der Waals surface area contributed by atoms with Gasteiger partial charge in [0.1, 0.15) is 0 Å². The van der Waals surface area contributed by atoms with Gasteiger partial charge in [-0.3, -0.25) is 0 Å². The second-order valence-electron chi connectivity index (χ2n) is 1.13. The zero-order valence-corrected chi connectivity index (χ0v) is 4.79. The fourth-order valence-corrected chi connectivity index (χ4v) is 0.295. The predicted octanol–water partition coefficient (Wildman–Crippen LogP) is -0.231. The van der Waals surface area contributed by atoms with Crippen molar-refractivity contribution in [2.24, 2.45) is 10.9 Å². The highest BCUT2D eigenvalue weighted by molar-refractivity contribution is 5.77. The Kier molecular flexibility index (Phi) is 3.97. The summed E-state index contributed by atoms with van der Waals surface area (Å²) in [6.07, 6.45) is 0. The largest absolute Gasteiger partial charge is 0.478 e. The maximum Gasteiger partial charge on any atom is 0.239 e. The van der Waals surface area contributed by atoms with Gasteiger partial charge in [0, 0.05) is 0 Å². The van der Waals surface area contributed by atoms with Crippen LogP contribution in [-0.4, -0.2) is 24.3 Å². The standard InChI is InChI=1S/C4H10N2O2/c1-2-8-4(3-5)6-7/h7H,2-3,5H2,1H3. The lowest BCUT2D eigenvalue weighted by Crippen LogP contribution is -2.16. The SMILES string of the molecule is CCOC(CN)=NO. The monoisotopic (exact) mass is 118 g/mol. The van der Waals surface area contributed by atoms with Crippen LogP contribution in [-0.2, 0) is 4.74 Å². The number of hydrogen-bond donors (Lipinski definition) is 2. The van der Waals surface area contributed by atoms with Crippen LogP contribution < -0.4 is 5.73 Å². The highest BCUT2D eigenvalue weighted by atomic mass is 16.5. The van der Waals surface area contributed by atoms with Gasteiger partial charge < -0.3 is 15.7 Å². The van der Waals surface area contributed by atoms with Crippen molar-refractivity contribution in [1.82, 2.24) is 0 Å². The Morgan fingerprint density at radius 2 is 2.50 bits per heavy atom. The minimum Gasteiger partial charge on any atom is -0.478 e. The molecule has 0 atom stereocenters. The smallest absolute Gasteiger partial charge is 0.239 e. The molecule has 0 spiro atoms. The Bertz CT molecular complexity index is 82.1. The third-order valence-electron chi connectivity index (χ3n) is 0.597. The predicted molar refractivity (Wildman–Crippen MR) is 29.9 cm³/mol. The average Bonchev–Trinajstić information content (AvgIpc) is 1.83. The molecule has 0 radical (unpaired) electrons. The second-order valence-corrected chi connectivity index (χ2v) is 1.13.